The molecule has 3 heterocycles. The van der Waals surface area contributed by atoms with Gasteiger partial charge in [-0.2, -0.15) is 0 Å². The van der Waals surface area contributed by atoms with Crippen LogP contribution < -0.4 is 15.0 Å². The molecule has 0 bridgehead atoms. The van der Waals surface area contributed by atoms with Crippen LogP contribution in [0.25, 0.3) is 0 Å². The SMILES string of the molecule is O=C1NCCN(C(=O)COc2ccc(N3CCCC3)nn2)C1c1cccc(F)c1. The fourth-order valence-electron chi connectivity index (χ4n) is 3.67. The van der Waals surface area contributed by atoms with Gasteiger partial charge in [-0.1, -0.05) is 12.1 Å². The number of anilines is 1. The zero-order chi connectivity index (χ0) is 20.2. The maximum absolute atomic E-state index is 13.6. The van der Waals surface area contributed by atoms with Gasteiger partial charge in [0.2, 0.25) is 11.8 Å². The van der Waals surface area contributed by atoms with E-state index in [4.69, 9.17) is 4.74 Å². The summed E-state index contributed by atoms with van der Waals surface area (Å²) in [5.41, 5.74) is 0.422. The Bertz CT molecular complexity index is 886. The van der Waals surface area contributed by atoms with Crippen molar-refractivity contribution in [3.8, 4) is 5.88 Å². The number of halogens is 1. The molecular formula is C20H22FN5O3. The summed E-state index contributed by atoms with van der Waals surface area (Å²) in [6.07, 6.45) is 2.29. The van der Waals surface area contributed by atoms with Crippen LogP contribution in [-0.2, 0) is 9.59 Å². The van der Waals surface area contributed by atoms with Crippen molar-refractivity contribution in [1.82, 2.24) is 20.4 Å². The molecule has 2 aromatic rings. The highest BCUT2D eigenvalue weighted by Crippen LogP contribution is 2.24. The molecule has 2 aliphatic heterocycles. The van der Waals surface area contributed by atoms with Crippen LogP contribution >= 0.6 is 0 Å². The molecule has 1 aromatic carbocycles. The van der Waals surface area contributed by atoms with Gasteiger partial charge in [-0.3, -0.25) is 9.59 Å². The highest BCUT2D eigenvalue weighted by atomic mass is 19.1. The number of carbonyl (C=O) groups excluding carboxylic acids is 2. The maximum Gasteiger partial charge on any atom is 0.261 e. The van der Waals surface area contributed by atoms with Crippen molar-refractivity contribution < 1.29 is 18.7 Å². The Balaban J connectivity index is 1.41. The number of piperazine rings is 1. The lowest BCUT2D eigenvalue weighted by Gasteiger charge is -2.35. The molecule has 1 unspecified atom stereocenters. The van der Waals surface area contributed by atoms with E-state index in [1.54, 1.807) is 12.1 Å². The van der Waals surface area contributed by atoms with Crippen LogP contribution in [0.2, 0.25) is 0 Å². The maximum atomic E-state index is 13.6. The molecule has 1 aromatic heterocycles. The molecule has 1 atom stereocenters. The molecule has 9 heteroatoms. The predicted molar refractivity (Wildman–Crippen MR) is 103 cm³/mol. The van der Waals surface area contributed by atoms with Crippen molar-refractivity contribution in [1.29, 1.82) is 0 Å². The zero-order valence-electron chi connectivity index (χ0n) is 15.9. The van der Waals surface area contributed by atoms with Crippen LogP contribution in [0, 0.1) is 5.82 Å². The first-order valence-electron chi connectivity index (χ1n) is 9.66. The van der Waals surface area contributed by atoms with Crippen molar-refractivity contribution in [2.24, 2.45) is 0 Å². The second-order valence-corrected chi connectivity index (χ2v) is 7.05. The van der Waals surface area contributed by atoms with E-state index in [0.717, 1.165) is 31.7 Å². The smallest absolute Gasteiger partial charge is 0.261 e. The lowest BCUT2D eigenvalue weighted by molar-refractivity contribution is -0.145. The largest absolute Gasteiger partial charge is 0.466 e. The number of rotatable bonds is 5. The summed E-state index contributed by atoms with van der Waals surface area (Å²) >= 11 is 0. The van der Waals surface area contributed by atoms with Gasteiger partial charge in [-0.15, -0.1) is 10.2 Å². The molecule has 0 aliphatic carbocycles. The van der Waals surface area contributed by atoms with Crippen LogP contribution in [0.3, 0.4) is 0 Å². The van der Waals surface area contributed by atoms with Gasteiger partial charge in [-0.05, 0) is 36.6 Å². The van der Waals surface area contributed by atoms with E-state index < -0.39 is 11.9 Å². The predicted octanol–water partition coefficient (Wildman–Crippen LogP) is 1.29. The Kier molecular flexibility index (Phi) is 5.55. The molecular weight excluding hydrogens is 377 g/mol. The monoisotopic (exact) mass is 399 g/mol. The molecule has 4 rings (SSSR count). The molecule has 152 valence electrons. The number of amides is 2. The second kappa shape index (κ2) is 8.42. The number of nitrogens with zero attached hydrogens (tertiary/aromatic N) is 4. The summed E-state index contributed by atoms with van der Waals surface area (Å²) in [5, 5.41) is 10.9. The Morgan fingerprint density at radius 1 is 1.17 bits per heavy atom. The average molecular weight is 399 g/mol. The molecule has 29 heavy (non-hydrogen) atoms. The summed E-state index contributed by atoms with van der Waals surface area (Å²) in [4.78, 5) is 28.6. The van der Waals surface area contributed by atoms with Crippen LogP contribution in [0.5, 0.6) is 5.88 Å². The normalized spacial score (nSPS) is 19.2. The summed E-state index contributed by atoms with van der Waals surface area (Å²) < 4.78 is 19.1. The Hall–Kier alpha value is -3.23. The fourth-order valence-corrected chi connectivity index (χ4v) is 3.67. The number of benzene rings is 1. The standard InChI is InChI=1S/C20H22FN5O3/c21-15-5-3-4-14(12-15)19-20(28)22-8-11-26(19)18(27)13-29-17-7-6-16(23-24-17)25-9-1-2-10-25/h3-7,12,19H,1-2,8-11,13H2,(H,22,28). The van der Waals surface area contributed by atoms with Gasteiger partial charge >= 0.3 is 0 Å². The number of carbonyl (C=O) groups is 2. The minimum absolute atomic E-state index is 0.241. The third kappa shape index (κ3) is 4.28. The number of hydrogen-bond donors (Lipinski definition) is 1. The van der Waals surface area contributed by atoms with Crippen LogP contribution in [0.4, 0.5) is 10.2 Å². The Morgan fingerprint density at radius 2 is 2.00 bits per heavy atom. The molecule has 0 radical (unpaired) electrons. The summed E-state index contributed by atoms with van der Waals surface area (Å²) in [6, 6.07) is 8.32. The Labute approximate surface area is 167 Å². The van der Waals surface area contributed by atoms with Gasteiger partial charge in [-0.25, -0.2) is 4.39 Å². The minimum atomic E-state index is -0.890. The third-order valence-corrected chi connectivity index (χ3v) is 5.10. The summed E-state index contributed by atoms with van der Waals surface area (Å²) in [6.45, 7) is 2.30. The van der Waals surface area contributed by atoms with E-state index in [1.807, 2.05) is 6.07 Å². The third-order valence-electron chi connectivity index (χ3n) is 5.10. The van der Waals surface area contributed by atoms with Gasteiger partial charge in [0.15, 0.2) is 12.4 Å². The van der Waals surface area contributed by atoms with E-state index in [1.165, 1.54) is 23.1 Å². The zero-order valence-corrected chi connectivity index (χ0v) is 15.9. The average Bonchev–Trinajstić information content (AvgIpc) is 3.27. The van der Waals surface area contributed by atoms with Crippen LogP contribution in [0.15, 0.2) is 36.4 Å². The highest BCUT2D eigenvalue weighted by molar-refractivity contribution is 5.90. The van der Waals surface area contributed by atoms with E-state index in [-0.39, 0.29) is 24.3 Å². The molecule has 2 aliphatic rings. The van der Waals surface area contributed by atoms with Crippen molar-refractivity contribution >= 4 is 17.6 Å². The summed E-state index contributed by atoms with van der Waals surface area (Å²) in [7, 11) is 0. The van der Waals surface area contributed by atoms with E-state index in [9.17, 15) is 14.0 Å². The van der Waals surface area contributed by atoms with Crippen molar-refractivity contribution in [3.63, 3.8) is 0 Å². The number of ether oxygens (including phenoxy) is 1. The second-order valence-electron chi connectivity index (χ2n) is 7.05. The lowest BCUT2D eigenvalue weighted by Crippen LogP contribution is -2.53. The van der Waals surface area contributed by atoms with E-state index >= 15 is 0 Å². The first kappa shape index (κ1) is 19.1. The quantitative estimate of drug-likeness (QED) is 0.815. The van der Waals surface area contributed by atoms with Crippen molar-refractivity contribution in [3.05, 3.63) is 47.8 Å². The molecule has 8 nitrogen and oxygen atoms in total. The molecule has 1 N–H and O–H groups in total. The first-order chi connectivity index (χ1) is 14.1. The fraction of sp³-hybridized carbons (Fsp3) is 0.400. The highest BCUT2D eigenvalue weighted by Gasteiger charge is 2.34. The van der Waals surface area contributed by atoms with Crippen molar-refractivity contribution in [2.75, 3.05) is 37.7 Å². The van der Waals surface area contributed by atoms with Gasteiger partial charge in [0.05, 0.1) is 0 Å². The van der Waals surface area contributed by atoms with Gasteiger partial charge in [0.25, 0.3) is 5.91 Å². The van der Waals surface area contributed by atoms with Gasteiger partial charge < -0.3 is 19.9 Å². The van der Waals surface area contributed by atoms with Gasteiger partial charge in [0, 0.05) is 32.2 Å². The number of nitrogens with one attached hydrogen (secondary N) is 1. The van der Waals surface area contributed by atoms with Gasteiger partial charge in [0.1, 0.15) is 11.9 Å². The summed E-state index contributed by atoms with van der Waals surface area (Å²) in [5.74, 6) is -0.146. The molecule has 2 fully saturated rings. The molecule has 0 spiro atoms. The Morgan fingerprint density at radius 3 is 2.72 bits per heavy atom. The van der Waals surface area contributed by atoms with E-state index in [0.29, 0.717) is 18.7 Å². The van der Waals surface area contributed by atoms with Crippen LogP contribution in [0.1, 0.15) is 24.4 Å². The molecule has 2 saturated heterocycles. The molecule has 0 saturated carbocycles. The van der Waals surface area contributed by atoms with Crippen LogP contribution in [-0.4, -0.2) is 59.7 Å². The van der Waals surface area contributed by atoms with Crippen molar-refractivity contribution in [2.45, 2.75) is 18.9 Å². The number of hydrogen-bond acceptors (Lipinski definition) is 6. The number of aromatic nitrogens is 2. The first-order valence-corrected chi connectivity index (χ1v) is 9.66. The minimum Gasteiger partial charge on any atom is -0.466 e. The molecule has 2 amide bonds. The van der Waals surface area contributed by atoms with E-state index in [2.05, 4.69) is 20.4 Å². The lowest BCUT2D eigenvalue weighted by atomic mass is 10.0. The topological polar surface area (TPSA) is 87.7 Å².